The van der Waals surface area contributed by atoms with Gasteiger partial charge in [0.15, 0.2) is 0 Å². The third-order valence-electron chi connectivity index (χ3n) is 2.65. The van der Waals surface area contributed by atoms with Crippen molar-refractivity contribution in [2.24, 2.45) is 5.10 Å². The minimum absolute atomic E-state index is 0.450. The van der Waals surface area contributed by atoms with Gasteiger partial charge in [-0.25, -0.2) is 0 Å². The number of thiophene rings is 1. The lowest BCUT2D eigenvalue weighted by atomic mass is 10.2. The Bertz CT molecular complexity index is 824. The van der Waals surface area contributed by atoms with Crippen LogP contribution < -0.4 is 0 Å². The van der Waals surface area contributed by atoms with E-state index in [0.29, 0.717) is 9.54 Å². The summed E-state index contributed by atoms with van der Waals surface area (Å²) in [4.78, 5) is 2.25. The first kappa shape index (κ1) is 13.2. The molecule has 0 spiro atoms. The normalized spacial score (nSPS) is 11.2. The van der Waals surface area contributed by atoms with E-state index in [4.69, 9.17) is 24.4 Å². The van der Waals surface area contributed by atoms with E-state index in [1.54, 1.807) is 17.6 Å². The summed E-state index contributed by atoms with van der Waals surface area (Å²) in [6.45, 7) is 0. The van der Waals surface area contributed by atoms with Crippen molar-refractivity contribution in [3.63, 3.8) is 0 Å². The van der Waals surface area contributed by atoms with Crippen LogP contribution in [0, 0.1) is 9.54 Å². The Morgan fingerprint density at radius 1 is 1.00 bits per heavy atom. The second kappa shape index (κ2) is 5.66. The Morgan fingerprint density at radius 3 is 2.40 bits per heavy atom. The Balaban J connectivity index is 1.89. The van der Waals surface area contributed by atoms with Gasteiger partial charge in [0, 0.05) is 9.75 Å². The highest BCUT2D eigenvalue weighted by atomic mass is 32.1. The molecule has 1 aromatic carbocycles. The first-order valence-electron chi connectivity index (χ1n) is 5.83. The molecule has 0 saturated heterocycles. The summed E-state index contributed by atoms with van der Waals surface area (Å²) in [7, 11) is 0. The maximum absolute atomic E-state index is 5.07. The largest absolute Gasteiger partial charge is 0.273 e. The molecule has 2 aromatic heterocycles. The van der Waals surface area contributed by atoms with E-state index >= 15 is 0 Å². The van der Waals surface area contributed by atoms with Gasteiger partial charge in [-0.1, -0.05) is 30.3 Å². The molecule has 2 heterocycles. The topological polar surface area (TPSA) is 48.9 Å². The quantitative estimate of drug-likeness (QED) is 0.561. The number of hydrogen-bond acceptors (Lipinski definition) is 4. The van der Waals surface area contributed by atoms with Gasteiger partial charge in [-0.05, 0) is 42.1 Å². The summed E-state index contributed by atoms with van der Waals surface area (Å²) in [6.07, 6.45) is 1.75. The molecule has 0 aliphatic rings. The van der Waals surface area contributed by atoms with E-state index in [-0.39, 0.29) is 0 Å². The summed E-state index contributed by atoms with van der Waals surface area (Å²) in [6, 6.07) is 14.4. The minimum Gasteiger partial charge on any atom is -0.273 e. The van der Waals surface area contributed by atoms with Crippen LogP contribution >= 0.6 is 35.8 Å². The van der Waals surface area contributed by atoms with Gasteiger partial charge in [0.25, 0.3) is 0 Å². The molecule has 0 fully saturated rings. The van der Waals surface area contributed by atoms with Gasteiger partial charge < -0.3 is 0 Å². The summed E-state index contributed by atoms with van der Waals surface area (Å²) >= 11 is 11.8. The van der Waals surface area contributed by atoms with Crippen molar-refractivity contribution in [3.8, 4) is 10.4 Å². The molecule has 4 nitrogen and oxygen atoms in total. The SMILES string of the molecule is S=c1[nH][nH]c(=S)n1/N=C\c1ccc(-c2ccccc2)s1. The van der Waals surface area contributed by atoms with Crippen LogP contribution in [-0.2, 0) is 0 Å². The van der Waals surface area contributed by atoms with Crippen LogP contribution in [0.2, 0.25) is 0 Å². The molecule has 20 heavy (non-hydrogen) atoms. The molecule has 2 N–H and O–H groups in total. The fourth-order valence-corrected chi connectivity index (χ4v) is 3.02. The van der Waals surface area contributed by atoms with Gasteiger partial charge >= 0.3 is 0 Å². The lowest BCUT2D eigenvalue weighted by molar-refractivity contribution is 0.849. The molecule has 3 aromatic rings. The maximum atomic E-state index is 5.07. The molecule has 0 bridgehead atoms. The lowest BCUT2D eigenvalue weighted by Crippen LogP contribution is -1.89. The van der Waals surface area contributed by atoms with Crippen LogP contribution in [0.15, 0.2) is 47.6 Å². The van der Waals surface area contributed by atoms with Crippen molar-refractivity contribution in [1.29, 1.82) is 0 Å². The fraction of sp³-hybridized carbons (Fsp3) is 0. The fourth-order valence-electron chi connectivity index (χ4n) is 1.70. The van der Waals surface area contributed by atoms with Crippen LogP contribution in [0.4, 0.5) is 0 Å². The van der Waals surface area contributed by atoms with Gasteiger partial charge in [0.05, 0.1) is 6.21 Å². The number of hydrogen-bond donors (Lipinski definition) is 2. The molecule has 0 amide bonds. The predicted molar refractivity (Wildman–Crippen MR) is 87.5 cm³/mol. The second-order valence-corrected chi connectivity index (χ2v) is 5.87. The monoisotopic (exact) mass is 318 g/mol. The number of rotatable bonds is 3. The first-order valence-corrected chi connectivity index (χ1v) is 7.46. The van der Waals surface area contributed by atoms with E-state index in [9.17, 15) is 0 Å². The summed E-state index contributed by atoms with van der Waals surface area (Å²) in [5, 5.41) is 9.76. The van der Waals surface area contributed by atoms with Gasteiger partial charge in [-0.3, -0.25) is 10.2 Å². The minimum atomic E-state index is 0.450. The summed E-state index contributed by atoms with van der Waals surface area (Å²) in [5.74, 6) is 0. The molecule has 0 atom stereocenters. The van der Waals surface area contributed by atoms with Crippen molar-refractivity contribution in [2.75, 3.05) is 0 Å². The average Bonchev–Trinajstić information content (AvgIpc) is 3.06. The van der Waals surface area contributed by atoms with Crippen molar-refractivity contribution >= 4 is 42.0 Å². The van der Waals surface area contributed by atoms with Gasteiger partial charge in [0.1, 0.15) is 0 Å². The first-order chi connectivity index (χ1) is 9.74. The number of nitrogens with one attached hydrogen (secondary N) is 2. The molecule has 0 aliphatic carbocycles. The molecular formula is C13H10N4S3. The average molecular weight is 318 g/mol. The molecule has 0 aliphatic heterocycles. The van der Waals surface area contributed by atoms with Crippen molar-refractivity contribution < 1.29 is 0 Å². The highest BCUT2D eigenvalue weighted by Crippen LogP contribution is 2.26. The maximum Gasteiger partial charge on any atom is 0.215 e. The van der Waals surface area contributed by atoms with Crippen molar-refractivity contribution in [3.05, 3.63) is 56.9 Å². The van der Waals surface area contributed by atoms with E-state index < -0.39 is 0 Å². The third kappa shape index (κ3) is 2.69. The number of benzene rings is 1. The third-order valence-corrected chi connectivity index (χ3v) is 4.27. The summed E-state index contributed by atoms with van der Waals surface area (Å²) in [5.41, 5.74) is 1.20. The molecule has 3 rings (SSSR count). The van der Waals surface area contributed by atoms with Crippen molar-refractivity contribution in [1.82, 2.24) is 14.9 Å². The van der Waals surface area contributed by atoms with E-state index in [0.717, 1.165) is 4.88 Å². The second-order valence-electron chi connectivity index (χ2n) is 3.98. The predicted octanol–water partition coefficient (Wildman–Crippen LogP) is 4.21. The van der Waals surface area contributed by atoms with Crippen LogP contribution in [0.5, 0.6) is 0 Å². The molecule has 7 heteroatoms. The molecule has 0 radical (unpaired) electrons. The van der Waals surface area contributed by atoms with E-state index in [1.165, 1.54) is 15.1 Å². The lowest BCUT2D eigenvalue weighted by Gasteiger charge is -1.94. The highest BCUT2D eigenvalue weighted by Gasteiger charge is 2.01. The van der Waals surface area contributed by atoms with E-state index in [2.05, 4.69) is 33.5 Å². The van der Waals surface area contributed by atoms with Crippen molar-refractivity contribution in [2.45, 2.75) is 0 Å². The van der Waals surface area contributed by atoms with Gasteiger partial charge in [-0.15, -0.1) is 11.3 Å². The molecule has 100 valence electrons. The van der Waals surface area contributed by atoms with Crippen LogP contribution in [0.25, 0.3) is 10.4 Å². The zero-order valence-electron chi connectivity index (χ0n) is 10.2. The summed E-state index contributed by atoms with van der Waals surface area (Å²) < 4.78 is 2.38. The Morgan fingerprint density at radius 2 is 1.70 bits per heavy atom. The molecular weight excluding hydrogens is 308 g/mol. The van der Waals surface area contributed by atoms with Gasteiger partial charge in [-0.2, -0.15) is 9.78 Å². The van der Waals surface area contributed by atoms with E-state index in [1.807, 2.05) is 24.3 Å². The number of aromatic amines is 2. The highest BCUT2D eigenvalue weighted by molar-refractivity contribution is 7.72. The standard InChI is InChI=1S/C13H10N4S3/c18-12-15-16-13(19)17(12)14-8-10-6-7-11(20-10)9-4-2-1-3-5-9/h1-8H,(H,15,18)(H,16,19)/b14-8-. The molecule has 0 saturated carbocycles. The zero-order valence-corrected chi connectivity index (χ0v) is 12.7. The van der Waals surface area contributed by atoms with Gasteiger partial charge in [0.2, 0.25) is 9.54 Å². The number of H-pyrrole nitrogens is 2. The van der Waals surface area contributed by atoms with Crippen LogP contribution in [0.1, 0.15) is 4.88 Å². The Labute approximate surface area is 129 Å². The molecule has 0 unspecified atom stereocenters. The number of aromatic nitrogens is 3. The smallest absolute Gasteiger partial charge is 0.215 e. The van der Waals surface area contributed by atoms with Crippen LogP contribution in [0.3, 0.4) is 0 Å². The zero-order chi connectivity index (χ0) is 13.9. The Kier molecular flexibility index (Phi) is 3.72. The number of nitrogens with zero attached hydrogens (tertiary/aromatic N) is 2. The Hall–Kier alpha value is -1.83. The van der Waals surface area contributed by atoms with Crippen LogP contribution in [-0.4, -0.2) is 21.1 Å².